The van der Waals surface area contributed by atoms with E-state index in [4.69, 9.17) is 10.00 Å². The summed E-state index contributed by atoms with van der Waals surface area (Å²) in [5.41, 5.74) is -0.519. The summed E-state index contributed by atoms with van der Waals surface area (Å²) in [7, 11) is 0. The van der Waals surface area contributed by atoms with E-state index in [2.05, 4.69) is 5.32 Å². The van der Waals surface area contributed by atoms with E-state index < -0.39 is 5.60 Å². The predicted molar refractivity (Wildman–Crippen MR) is 69.1 cm³/mol. The van der Waals surface area contributed by atoms with Crippen LogP contribution in [0.1, 0.15) is 33.6 Å². The maximum atomic E-state index is 12.0. The van der Waals surface area contributed by atoms with Crippen LogP contribution in [0.25, 0.3) is 0 Å². The molecule has 0 unspecified atom stereocenters. The minimum Gasteiger partial charge on any atom is -0.459 e. The van der Waals surface area contributed by atoms with Gasteiger partial charge in [-0.25, -0.2) is 0 Å². The highest BCUT2D eigenvalue weighted by atomic mass is 16.6. The minimum absolute atomic E-state index is 0.0101. The van der Waals surface area contributed by atoms with Crippen LogP contribution in [0.5, 0.6) is 0 Å². The van der Waals surface area contributed by atoms with Crippen molar-refractivity contribution in [3.8, 4) is 6.07 Å². The van der Waals surface area contributed by atoms with Gasteiger partial charge in [0.2, 0.25) is 5.91 Å². The molecule has 6 heteroatoms. The van der Waals surface area contributed by atoms with Crippen molar-refractivity contribution in [3.63, 3.8) is 0 Å². The second kappa shape index (κ2) is 6.53. The zero-order valence-corrected chi connectivity index (χ0v) is 11.7. The number of hydrogen-bond donors (Lipinski definition) is 1. The van der Waals surface area contributed by atoms with Gasteiger partial charge in [0.15, 0.2) is 0 Å². The number of carbonyl (C=O) groups excluding carboxylic acids is 2. The van der Waals surface area contributed by atoms with E-state index in [1.807, 2.05) is 26.8 Å². The standard InChI is InChI=1S/C13H21N3O3/c1-13(2,3)19-12(18)10-5-4-8-16(10)9-11(17)15-7-6-14/h10H,4-5,7-9H2,1-3H3,(H,15,17)/t10-/m0/s1. The average molecular weight is 267 g/mol. The Kier molecular flexibility index (Phi) is 5.31. The Bertz CT molecular complexity index is 382. The number of carbonyl (C=O) groups is 2. The van der Waals surface area contributed by atoms with Crippen molar-refractivity contribution in [2.45, 2.75) is 45.3 Å². The van der Waals surface area contributed by atoms with Crippen LogP contribution in [0.15, 0.2) is 0 Å². The lowest BCUT2D eigenvalue weighted by Crippen LogP contribution is -2.45. The third-order valence-corrected chi connectivity index (χ3v) is 2.75. The maximum absolute atomic E-state index is 12.0. The third kappa shape index (κ3) is 5.26. The highest BCUT2D eigenvalue weighted by Gasteiger charge is 2.34. The van der Waals surface area contributed by atoms with Crippen LogP contribution in [0, 0.1) is 11.3 Å². The summed E-state index contributed by atoms with van der Waals surface area (Å²) in [4.78, 5) is 25.4. The van der Waals surface area contributed by atoms with Gasteiger partial charge < -0.3 is 10.1 Å². The molecule has 0 radical (unpaired) electrons. The molecule has 1 saturated heterocycles. The van der Waals surface area contributed by atoms with Crippen LogP contribution >= 0.6 is 0 Å². The quantitative estimate of drug-likeness (QED) is 0.590. The van der Waals surface area contributed by atoms with Crippen LogP contribution in [-0.4, -0.2) is 48.1 Å². The molecular weight excluding hydrogens is 246 g/mol. The second-order valence-corrected chi connectivity index (χ2v) is 5.60. The molecule has 106 valence electrons. The van der Waals surface area contributed by atoms with Crippen molar-refractivity contribution in [3.05, 3.63) is 0 Å². The van der Waals surface area contributed by atoms with Crippen molar-refractivity contribution in [1.29, 1.82) is 5.26 Å². The van der Waals surface area contributed by atoms with Gasteiger partial charge in [-0.15, -0.1) is 0 Å². The molecule has 0 aliphatic carbocycles. The fourth-order valence-corrected chi connectivity index (χ4v) is 2.03. The van der Waals surface area contributed by atoms with Crippen molar-refractivity contribution < 1.29 is 14.3 Å². The Morgan fingerprint density at radius 3 is 2.74 bits per heavy atom. The van der Waals surface area contributed by atoms with E-state index in [9.17, 15) is 9.59 Å². The Morgan fingerprint density at radius 1 is 1.47 bits per heavy atom. The zero-order valence-electron chi connectivity index (χ0n) is 11.7. The topological polar surface area (TPSA) is 82.4 Å². The molecule has 0 bridgehead atoms. The first-order chi connectivity index (χ1) is 8.83. The lowest BCUT2D eigenvalue weighted by molar-refractivity contribution is -0.160. The van der Waals surface area contributed by atoms with Gasteiger partial charge in [-0.1, -0.05) is 0 Å². The first-order valence-corrected chi connectivity index (χ1v) is 6.44. The summed E-state index contributed by atoms with van der Waals surface area (Å²) in [6, 6.07) is 1.49. The largest absolute Gasteiger partial charge is 0.459 e. The van der Waals surface area contributed by atoms with Crippen molar-refractivity contribution in [2.75, 3.05) is 19.6 Å². The monoisotopic (exact) mass is 267 g/mol. The molecular formula is C13H21N3O3. The highest BCUT2D eigenvalue weighted by molar-refractivity contribution is 5.81. The van der Waals surface area contributed by atoms with E-state index in [1.54, 1.807) is 4.90 Å². The third-order valence-electron chi connectivity index (χ3n) is 2.75. The summed E-state index contributed by atoms with van der Waals surface area (Å²) < 4.78 is 5.35. The summed E-state index contributed by atoms with van der Waals surface area (Å²) >= 11 is 0. The van der Waals surface area contributed by atoms with Crippen molar-refractivity contribution >= 4 is 11.9 Å². The van der Waals surface area contributed by atoms with Crippen LogP contribution in [0.2, 0.25) is 0 Å². The van der Waals surface area contributed by atoms with E-state index >= 15 is 0 Å². The Morgan fingerprint density at radius 2 is 2.16 bits per heavy atom. The highest BCUT2D eigenvalue weighted by Crippen LogP contribution is 2.20. The molecule has 1 rings (SSSR count). The van der Waals surface area contributed by atoms with E-state index in [0.717, 1.165) is 6.42 Å². The van der Waals surface area contributed by atoms with Gasteiger partial charge in [-0.3, -0.25) is 14.5 Å². The molecule has 0 aromatic heterocycles. The fraction of sp³-hybridized carbons (Fsp3) is 0.769. The molecule has 0 saturated carbocycles. The molecule has 0 aromatic carbocycles. The molecule has 0 aromatic rings. The Balaban J connectivity index is 2.52. The molecule has 1 aliphatic heterocycles. The number of ether oxygens (including phenoxy) is 1. The smallest absolute Gasteiger partial charge is 0.323 e. The molecule has 1 aliphatic rings. The first kappa shape index (κ1) is 15.4. The molecule has 0 spiro atoms. The van der Waals surface area contributed by atoms with Gasteiger partial charge in [-0.05, 0) is 40.2 Å². The van der Waals surface area contributed by atoms with Gasteiger partial charge in [0.25, 0.3) is 0 Å². The van der Waals surface area contributed by atoms with Gasteiger partial charge in [0, 0.05) is 0 Å². The molecule has 19 heavy (non-hydrogen) atoms. The molecule has 1 atom stereocenters. The zero-order chi connectivity index (χ0) is 14.5. The van der Waals surface area contributed by atoms with E-state index in [1.165, 1.54) is 0 Å². The number of nitrogens with one attached hydrogen (secondary N) is 1. The van der Waals surface area contributed by atoms with Gasteiger partial charge in [-0.2, -0.15) is 5.26 Å². The number of esters is 1. The van der Waals surface area contributed by atoms with Crippen LogP contribution < -0.4 is 5.32 Å². The van der Waals surface area contributed by atoms with E-state index in [-0.39, 0.29) is 31.0 Å². The lowest BCUT2D eigenvalue weighted by atomic mass is 10.1. The maximum Gasteiger partial charge on any atom is 0.323 e. The van der Waals surface area contributed by atoms with E-state index in [0.29, 0.717) is 13.0 Å². The molecule has 1 amide bonds. The van der Waals surface area contributed by atoms with Gasteiger partial charge in [0.05, 0.1) is 12.6 Å². The SMILES string of the molecule is CC(C)(C)OC(=O)[C@@H]1CCCN1CC(=O)NCC#N. The van der Waals surface area contributed by atoms with Crippen LogP contribution in [-0.2, 0) is 14.3 Å². The molecule has 1 N–H and O–H groups in total. The van der Waals surface area contributed by atoms with Gasteiger partial charge in [0.1, 0.15) is 18.2 Å². The number of amides is 1. The summed E-state index contributed by atoms with van der Waals surface area (Å²) in [6.07, 6.45) is 1.58. The Labute approximate surface area is 113 Å². The summed E-state index contributed by atoms with van der Waals surface area (Å²) in [6.45, 7) is 6.29. The molecule has 6 nitrogen and oxygen atoms in total. The number of nitriles is 1. The first-order valence-electron chi connectivity index (χ1n) is 6.44. The Hall–Kier alpha value is -1.61. The number of nitrogens with zero attached hydrogens (tertiary/aromatic N) is 2. The average Bonchev–Trinajstić information content (AvgIpc) is 2.72. The number of hydrogen-bond acceptors (Lipinski definition) is 5. The second-order valence-electron chi connectivity index (χ2n) is 5.60. The predicted octanol–water partition coefficient (Wildman–Crippen LogP) is 0.432. The molecule has 1 heterocycles. The fourth-order valence-electron chi connectivity index (χ4n) is 2.03. The summed E-state index contributed by atoms with van der Waals surface area (Å²) in [5, 5.41) is 10.9. The minimum atomic E-state index is -0.519. The van der Waals surface area contributed by atoms with Crippen LogP contribution in [0.3, 0.4) is 0 Å². The van der Waals surface area contributed by atoms with Crippen molar-refractivity contribution in [2.24, 2.45) is 0 Å². The number of rotatable bonds is 4. The van der Waals surface area contributed by atoms with Crippen LogP contribution in [0.4, 0.5) is 0 Å². The van der Waals surface area contributed by atoms with Crippen molar-refractivity contribution in [1.82, 2.24) is 10.2 Å². The lowest BCUT2D eigenvalue weighted by Gasteiger charge is -2.26. The normalized spacial score (nSPS) is 19.8. The van der Waals surface area contributed by atoms with Gasteiger partial charge >= 0.3 is 5.97 Å². The summed E-state index contributed by atoms with van der Waals surface area (Å²) in [5.74, 6) is -0.518. The number of likely N-dealkylation sites (tertiary alicyclic amines) is 1. The molecule has 1 fully saturated rings.